The topological polar surface area (TPSA) is 91.8 Å². The number of amides is 1. The van der Waals surface area contributed by atoms with Crippen LogP contribution in [0, 0.1) is 0 Å². The molecule has 1 unspecified atom stereocenters. The summed E-state index contributed by atoms with van der Waals surface area (Å²) in [5.41, 5.74) is 10.3. The highest BCUT2D eigenvalue weighted by Crippen LogP contribution is 2.12. The van der Waals surface area contributed by atoms with Crippen molar-refractivity contribution in [2.75, 3.05) is 0 Å². The molecule has 0 heterocycles. The second-order valence-corrected chi connectivity index (χ2v) is 6.15. The Morgan fingerprint density at radius 2 is 1.80 bits per heavy atom. The first kappa shape index (κ1) is 18.6. The molecule has 1 N–H and O–H groups in total. The van der Waals surface area contributed by atoms with Crippen molar-refractivity contribution in [1.82, 2.24) is 5.32 Å². The molecule has 0 saturated heterocycles. The number of hydrogen-bond acceptors (Lipinski definition) is 3. The number of carbonyl (C=O) groups is 2. The number of alkyl carbamates (subject to hydrolysis) is 1. The standard InChI is InChI=1S/C18H16BrN3O3/c19-15-8-6-13(7-9-15)10-16(17(23)11-21-20)22-18(24)25-12-14-4-2-1-3-5-14/h1-9,11,16H,10,12H2,(H,22,24). The Labute approximate surface area is 153 Å². The van der Waals surface area contributed by atoms with Crippen LogP contribution in [0.1, 0.15) is 11.1 Å². The Kier molecular flexibility index (Phi) is 7.07. The van der Waals surface area contributed by atoms with Gasteiger partial charge in [-0.1, -0.05) is 58.4 Å². The van der Waals surface area contributed by atoms with E-state index in [-0.39, 0.29) is 13.0 Å². The molecule has 7 heteroatoms. The summed E-state index contributed by atoms with van der Waals surface area (Å²) in [5.74, 6) is -0.526. The molecule has 0 aliphatic heterocycles. The van der Waals surface area contributed by atoms with E-state index in [0.717, 1.165) is 21.8 Å². The summed E-state index contributed by atoms with van der Waals surface area (Å²) in [6.45, 7) is 0.0972. The molecule has 0 bridgehead atoms. The van der Waals surface area contributed by atoms with Crippen LogP contribution in [-0.2, 0) is 22.6 Å². The Morgan fingerprint density at radius 1 is 1.12 bits per heavy atom. The van der Waals surface area contributed by atoms with Gasteiger partial charge >= 0.3 is 12.3 Å². The van der Waals surface area contributed by atoms with Gasteiger partial charge in [-0.25, -0.2) is 4.79 Å². The van der Waals surface area contributed by atoms with Crippen LogP contribution in [0.4, 0.5) is 4.79 Å². The van der Waals surface area contributed by atoms with Crippen molar-refractivity contribution in [3.05, 3.63) is 75.7 Å². The smallest absolute Gasteiger partial charge is 0.408 e. The molecule has 2 aromatic rings. The summed E-state index contributed by atoms with van der Waals surface area (Å²) in [4.78, 5) is 26.8. The van der Waals surface area contributed by atoms with E-state index in [1.165, 1.54) is 0 Å². The minimum absolute atomic E-state index is 0.0972. The molecule has 2 aromatic carbocycles. The van der Waals surface area contributed by atoms with Gasteiger partial charge in [0.1, 0.15) is 12.6 Å². The zero-order valence-corrected chi connectivity index (χ0v) is 14.8. The third-order valence-electron chi connectivity index (χ3n) is 3.39. The van der Waals surface area contributed by atoms with Gasteiger partial charge in [0.25, 0.3) is 5.78 Å². The van der Waals surface area contributed by atoms with Crippen LogP contribution in [0.25, 0.3) is 5.53 Å². The molecule has 1 amide bonds. The molecule has 0 fully saturated rings. The summed E-state index contributed by atoms with van der Waals surface area (Å²) in [6.07, 6.45) is 0.296. The fourth-order valence-corrected chi connectivity index (χ4v) is 2.40. The number of nitrogens with one attached hydrogen (secondary N) is 1. The SMILES string of the molecule is [N-]=[N+]=CC(=O)C(Cc1ccc(Br)cc1)NC(=O)OCc1ccccc1. The van der Waals surface area contributed by atoms with Crippen molar-refractivity contribution < 1.29 is 19.1 Å². The van der Waals surface area contributed by atoms with E-state index in [0.29, 0.717) is 0 Å². The Balaban J connectivity index is 1.99. The summed E-state index contributed by atoms with van der Waals surface area (Å²) in [7, 11) is 0. The van der Waals surface area contributed by atoms with E-state index in [1.807, 2.05) is 54.6 Å². The van der Waals surface area contributed by atoms with Crippen LogP contribution in [-0.4, -0.2) is 28.9 Å². The third-order valence-corrected chi connectivity index (χ3v) is 3.92. The minimum Gasteiger partial charge on any atom is -0.445 e. The first-order valence-corrected chi connectivity index (χ1v) is 8.30. The van der Waals surface area contributed by atoms with Crippen LogP contribution in [0.5, 0.6) is 0 Å². The van der Waals surface area contributed by atoms with Gasteiger partial charge in [-0.15, -0.1) is 0 Å². The fraction of sp³-hybridized carbons (Fsp3) is 0.167. The van der Waals surface area contributed by atoms with Gasteiger partial charge in [-0.3, -0.25) is 4.79 Å². The van der Waals surface area contributed by atoms with E-state index in [1.54, 1.807) is 0 Å². The molecule has 6 nitrogen and oxygen atoms in total. The average molecular weight is 402 g/mol. The average Bonchev–Trinajstić information content (AvgIpc) is 2.62. The van der Waals surface area contributed by atoms with E-state index < -0.39 is 17.9 Å². The highest BCUT2D eigenvalue weighted by molar-refractivity contribution is 9.10. The quantitative estimate of drug-likeness (QED) is 0.438. The van der Waals surface area contributed by atoms with E-state index in [4.69, 9.17) is 10.3 Å². The Bertz CT molecular complexity index is 772. The normalized spacial score (nSPS) is 11.1. The summed E-state index contributed by atoms with van der Waals surface area (Å²) < 4.78 is 6.04. The number of hydrogen-bond donors (Lipinski definition) is 1. The van der Waals surface area contributed by atoms with Gasteiger partial charge in [-0.2, -0.15) is 4.79 Å². The van der Waals surface area contributed by atoms with Gasteiger partial charge in [0, 0.05) is 10.9 Å². The summed E-state index contributed by atoms with van der Waals surface area (Å²) in [6, 6.07) is 15.7. The molecule has 25 heavy (non-hydrogen) atoms. The van der Waals surface area contributed by atoms with Crippen LogP contribution < -0.4 is 5.32 Å². The van der Waals surface area contributed by atoms with Crippen molar-refractivity contribution >= 4 is 34.0 Å². The predicted octanol–water partition coefficient (Wildman–Crippen LogP) is 3.16. The number of rotatable bonds is 7. The number of benzene rings is 2. The van der Waals surface area contributed by atoms with Crippen LogP contribution in [0.15, 0.2) is 59.1 Å². The first-order valence-electron chi connectivity index (χ1n) is 7.51. The number of ether oxygens (including phenoxy) is 1. The van der Waals surface area contributed by atoms with Gasteiger partial charge in [0.15, 0.2) is 0 Å². The maximum atomic E-state index is 12.0. The van der Waals surface area contributed by atoms with Crippen molar-refractivity contribution in [3.63, 3.8) is 0 Å². The zero-order valence-electron chi connectivity index (χ0n) is 13.3. The molecule has 0 aliphatic rings. The molecule has 0 spiro atoms. The lowest BCUT2D eigenvalue weighted by Gasteiger charge is -2.15. The maximum Gasteiger partial charge on any atom is 0.408 e. The van der Waals surface area contributed by atoms with Gasteiger partial charge in [0.05, 0.1) is 0 Å². The van der Waals surface area contributed by atoms with E-state index >= 15 is 0 Å². The Hall–Kier alpha value is -2.76. The van der Waals surface area contributed by atoms with Crippen molar-refractivity contribution in [2.45, 2.75) is 19.1 Å². The van der Waals surface area contributed by atoms with Crippen LogP contribution in [0.3, 0.4) is 0 Å². The van der Waals surface area contributed by atoms with Crippen LogP contribution in [0.2, 0.25) is 0 Å². The zero-order chi connectivity index (χ0) is 18.1. The molecule has 128 valence electrons. The highest BCUT2D eigenvalue weighted by Gasteiger charge is 2.23. The number of ketones is 1. The van der Waals surface area contributed by atoms with E-state index in [9.17, 15) is 9.59 Å². The minimum atomic E-state index is -0.889. The lowest BCUT2D eigenvalue weighted by atomic mass is 10.0. The molecule has 2 rings (SSSR count). The van der Waals surface area contributed by atoms with E-state index in [2.05, 4.69) is 26.0 Å². The van der Waals surface area contributed by atoms with Crippen LogP contribution >= 0.6 is 15.9 Å². The third kappa shape index (κ3) is 6.33. The maximum absolute atomic E-state index is 12.0. The molecular weight excluding hydrogens is 386 g/mol. The number of nitrogens with zero attached hydrogens (tertiary/aromatic N) is 2. The van der Waals surface area contributed by atoms with Gasteiger partial charge in [-0.05, 0) is 23.3 Å². The predicted molar refractivity (Wildman–Crippen MR) is 96.1 cm³/mol. The van der Waals surface area contributed by atoms with Gasteiger partial charge in [0.2, 0.25) is 0 Å². The summed E-state index contributed by atoms with van der Waals surface area (Å²) >= 11 is 3.34. The second-order valence-electron chi connectivity index (χ2n) is 5.24. The van der Waals surface area contributed by atoms with Crippen molar-refractivity contribution in [3.8, 4) is 0 Å². The first-order chi connectivity index (χ1) is 12.1. The molecule has 1 atom stereocenters. The second kappa shape index (κ2) is 9.52. The molecule has 0 saturated carbocycles. The lowest BCUT2D eigenvalue weighted by molar-refractivity contribution is -0.117. The monoisotopic (exact) mass is 401 g/mol. The number of carbonyl (C=O) groups excluding carboxylic acids is 2. The van der Waals surface area contributed by atoms with Gasteiger partial charge < -0.3 is 15.6 Å². The molecule has 0 aromatic heterocycles. The molecular formula is C18H16BrN3O3. The Morgan fingerprint density at radius 3 is 2.44 bits per heavy atom. The summed E-state index contributed by atoms with van der Waals surface area (Å²) in [5, 5.41) is 2.51. The molecule has 0 aliphatic carbocycles. The number of halogens is 1. The lowest BCUT2D eigenvalue weighted by Crippen LogP contribution is -2.43. The molecule has 0 radical (unpaired) electrons. The number of Topliss-reactive ketones (excluding diaryl/α,β-unsaturated/α-hetero) is 1. The fourth-order valence-electron chi connectivity index (χ4n) is 2.13. The highest BCUT2D eigenvalue weighted by atomic mass is 79.9. The van der Waals surface area contributed by atoms with Crippen molar-refractivity contribution in [2.24, 2.45) is 0 Å². The van der Waals surface area contributed by atoms with Crippen molar-refractivity contribution in [1.29, 1.82) is 0 Å². The largest absolute Gasteiger partial charge is 0.445 e.